The number of aliphatic carboxylic acids is 1. The van der Waals surface area contributed by atoms with E-state index in [0.717, 1.165) is 0 Å². The molecular weight excluding hydrogens is 230 g/mol. The van der Waals surface area contributed by atoms with Crippen molar-refractivity contribution in [2.45, 2.75) is 5.54 Å². The Morgan fingerprint density at radius 2 is 1.88 bits per heavy atom. The molecule has 1 rings (SSSR count). The van der Waals surface area contributed by atoms with Crippen LogP contribution < -0.4 is 5.32 Å². The largest absolute Gasteiger partial charge is 0.480 e. The highest BCUT2D eigenvalue weighted by Crippen LogP contribution is 2.00. The Kier molecular flexibility index (Phi) is 7.89. The van der Waals surface area contributed by atoms with Crippen LogP contribution in [-0.2, 0) is 4.79 Å². The summed E-state index contributed by atoms with van der Waals surface area (Å²) in [5, 5.41) is 36.7. The van der Waals surface area contributed by atoms with E-state index in [9.17, 15) is 4.79 Å². The van der Waals surface area contributed by atoms with Crippen LogP contribution in [0.2, 0.25) is 0 Å². The zero-order chi connectivity index (χ0) is 13.1. The molecule has 0 unspecified atom stereocenters. The number of imidazole rings is 1. The molecule has 0 amide bonds. The minimum atomic E-state index is -1.31. The molecule has 1 aromatic rings. The van der Waals surface area contributed by atoms with E-state index in [1.54, 1.807) is 18.7 Å². The first-order chi connectivity index (χ1) is 8.10. The number of aromatic nitrogens is 2. The molecule has 0 bridgehead atoms. The third-order valence-corrected chi connectivity index (χ3v) is 1.93. The van der Waals surface area contributed by atoms with E-state index in [-0.39, 0.29) is 0 Å². The summed E-state index contributed by atoms with van der Waals surface area (Å²) in [5.74, 6) is -1.12. The van der Waals surface area contributed by atoms with E-state index in [1.165, 1.54) is 0 Å². The number of H-pyrrole nitrogens is 1. The Morgan fingerprint density at radius 1 is 1.29 bits per heavy atom. The second kappa shape index (κ2) is 8.65. The molecule has 98 valence electrons. The Bertz CT molecular complexity index is 261. The summed E-state index contributed by atoms with van der Waals surface area (Å²) in [6, 6.07) is 0. The van der Waals surface area contributed by atoms with Gasteiger partial charge in [-0.05, 0) is 0 Å². The van der Waals surface area contributed by atoms with Crippen molar-refractivity contribution in [2.24, 2.45) is 0 Å². The number of nitrogens with one attached hydrogen (secondary N) is 2. The molecule has 0 saturated carbocycles. The fourth-order valence-corrected chi connectivity index (χ4v) is 0.796. The van der Waals surface area contributed by atoms with Gasteiger partial charge in [-0.2, -0.15) is 0 Å². The van der Waals surface area contributed by atoms with E-state index in [0.29, 0.717) is 0 Å². The van der Waals surface area contributed by atoms with Gasteiger partial charge in [0.15, 0.2) is 0 Å². The minimum Gasteiger partial charge on any atom is -0.480 e. The number of nitrogens with zero attached hydrogens (tertiary/aromatic N) is 1. The van der Waals surface area contributed by atoms with Gasteiger partial charge in [-0.1, -0.05) is 0 Å². The van der Waals surface area contributed by atoms with Gasteiger partial charge in [-0.25, -0.2) is 4.98 Å². The minimum absolute atomic E-state index is 0.415. The predicted octanol–water partition coefficient (Wildman–Crippen LogP) is -2.21. The van der Waals surface area contributed by atoms with E-state index in [1.807, 2.05) is 0 Å². The molecule has 0 fully saturated rings. The highest BCUT2D eigenvalue weighted by molar-refractivity contribution is 5.69. The quantitative estimate of drug-likeness (QED) is 0.335. The molecule has 0 spiro atoms. The maximum Gasteiger partial charge on any atom is 0.317 e. The highest BCUT2D eigenvalue weighted by Gasteiger charge is 2.27. The summed E-state index contributed by atoms with van der Waals surface area (Å²) in [6.07, 6.45) is 5.08. The second-order valence-electron chi connectivity index (χ2n) is 3.26. The van der Waals surface area contributed by atoms with Crippen molar-refractivity contribution < 1.29 is 25.2 Å². The summed E-state index contributed by atoms with van der Waals surface area (Å²) >= 11 is 0. The number of carboxylic acid groups (broad SMARTS) is 1. The van der Waals surface area contributed by atoms with Gasteiger partial charge in [0.1, 0.15) is 0 Å². The summed E-state index contributed by atoms with van der Waals surface area (Å²) in [7, 11) is 0. The molecule has 0 saturated heterocycles. The first-order valence-electron chi connectivity index (χ1n) is 4.82. The lowest BCUT2D eigenvalue weighted by atomic mass is 10.0. The van der Waals surface area contributed by atoms with Crippen LogP contribution in [0.1, 0.15) is 0 Å². The molecule has 0 radical (unpaired) electrons. The van der Waals surface area contributed by atoms with Crippen molar-refractivity contribution in [3.8, 4) is 0 Å². The molecule has 8 heteroatoms. The van der Waals surface area contributed by atoms with Crippen LogP contribution in [0.4, 0.5) is 0 Å². The van der Waals surface area contributed by atoms with Crippen LogP contribution in [0.5, 0.6) is 0 Å². The lowest BCUT2D eigenvalue weighted by molar-refractivity contribution is -0.136. The lowest BCUT2D eigenvalue weighted by Crippen LogP contribution is -2.56. The van der Waals surface area contributed by atoms with Crippen LogP contribution in [0.25, 0.3) is 0 Å². The van der Waals surface area contributed by atoms with Crippen molar-refractivity contribution in [1.29, 1.82) is 0 Å². The van der Waals surface area contributed by atoms with Gasteiger partial charge in [-0.15, -0.1) is 0 Å². The molecule has 0 aliphatic rings. The Morgan fingerprint density at radius 3 is 2.12 bits per heavy atom. The van der Waals surface area contributed by atoms with Gasteiger partial charge in [0.2, 0.25) is 0 Å². The number of aromatic amines is 1. The Balaban J connectivity index is 0.000000419. The van der Waals surface area contributed by atoms with E-state index < -0.39 is 37.9 Å². The number of hydrogen-bond donors (Lipinski definition) is 6. The van der Waals surface area contributed by atoms with Gasteiger partial charge in [-0.3, -0.25) is 10.1 Å². The number of rotatable bonds is 6. The number of hydrogen-bond acceptors (Lipinski definition) is 6. The maximum atomic E-state index is 10.1. The summed E-state index contributed by atoms with van der Waals surface area (Å²) in [4.78, 5) is 16.5. The smallest absolute Gasteiger partial charge is 0.317 e. The molecule has 6 N–H and O–H groups in total. The summed E-state index contributed by atoms with van der Waals surface area (Å²) in [6.45, 7) is -1.98. The van der Waals surface area contributed by atoms with Crippen molar-refractivity contribution in [3.63, 3.8) is 0 Å². The van der Waals surface area contributed by atoms with Crippen molar-refractivity contribution in [2.75, 3.05) is 26.4 Å². The fourth-order valence-electron chi connectivity index (χ4n) is 0.796. The topological polar surface area (TPSA) is 139 Å². The number of carbonyl (C=O) groups is 1. The van der Waals surface area contributed by atoms with Crippen LogP contribution in [-0.4, -0.2) is 68.3 Å². The van der Waals surface area contributed by atoms with Crippen LogP contribution in [0, 0.1) is 0 Å². The number of aliphatic hydroxyl groups excluding tert-OH is 3. The third kappa shape index (κ3) is 6.64. The van der Waals surface area contributed by atoms with Crippen LogP contribution >= 0.6 is 0 Å². The van der Waals surface area contributed by atoms with Crippen molar-refractivity contribution in [3.05, 3.63) is 18.7 Å². The fraction of sp³-hybridized carbons (Fsp3) is 0.556. The van der Waals surface area contributed by atoms with E-state index in [2.05, 4.69) is 15.3 Å². The van der Waals surface area contributed by atoms with Gasteiger partial charge in [0.05, 0.1) is 38.2 Å². The summed E-state index contributed by atoms with van der Waals surface area (Å²) in [5.41, 5.74) is -1.31. The van der Waals surface area contributed by atoms with Gasteiger partial charge in [0.25, 0.3) is 0 Å². The molecule has 0 aliphatic carbocycles. The zero-order valence-corrected chi connectivity index (χ0v) is 9.20. The van der Waals surface area contributed by atoms with Crippen molar-refractivity contribution >= 4 is 5.97 Å². The normalized spacial score (nSPS) is 10.5. The Hall–Kier alpha value is -1.48. The predicted molar refractivity (Wildman–Crippen MR) is 58.2 cm³/mol. The van der Waals surface area contributed by atoms with Gasteiger partial charge in [0, 0.05) is 12.4 Å². The van der Waals surface area contributed by atoms with E-state index in [4.69, 9.17) is 20.4 Å². The molecule has 8 nitrogen and oxygen atoms in total. The summed E-state index contributed by atoms with van der Waals surface area (Å²) < 4.78 is 0. The van der Waals surface area contributed by atoms with Gasteiger partial charge < -0.3 is 25.4 Å². The van der Waals surface area contributed by atoms with Gasteiger partial charge >= 0.3 is 5.97 Å². The third-order valence-electron chi connectivity index (χ3n) is 1.93. The zero-order valence-electron chi connectivity index (χ0n) is 9.20. The standard InChI is InChI=1S/C6H13NO5.C3H4N2/c8-2-6(3-9,4-10)7-1-5(11)12;1-2-5-3-4-1/h7-10H,1-4H2,(H,11,12);1-3H,(H,4,5). The second-order valence-corrected chi connectivity index (χ2v) is 3.26. The average Bonchev–Trinajstić information content (AvgIpc) is 2.90. The molecular formula is C9H17N3O5. The highest BCUT2D eigenvalue weighted by atomic mass is 16.4. The SMILES string of the molecule is O=C(O)CNC(CO)(CO)CO.c1c[nH]cn1. The average molecular weight is 247 g/mol. The molecule has 0 aliphatic heterocycles. The van der Waals surface area contributed by atoms with Crippen molar-refractivity contribution in [1.82, 2.24) is 15.3 Å². The number of carboxylic acids is 1. The Labute approximate surface area is 97.9 Å². The molecule has 0 aromatic carbocycles. The molecule has 0 atom stereocenters. The lowest BCUT2D eigenvalue weighted by Gasteiger charge is -2.27. The molecule has 17 heavy (non-hydrogen) atoms. The first kappa shape index (κ1) is 15.5. The number of aliphatic hydroxyl groups is 3. The monoisotopic (exact) mass is 247 g/mol. The first-order valence-corrected chi connectivity index (χ1v) is 4.82. The van der Waals surface area contributed by atoms with Crippen LogP contribution in [0.15, 0.2) is 18.7 Å². The maximum absolute atomic E-state index is 10.1. The van der Waals surface area contributed by atoms with E-state index >= 15 is 0 Å². The molecule has 1 aromatic heterocycles. The molecule has 1 heterocycles. The van der Waals surface area contributed by atoms with Crippen LogP contribution in [0.3, 0.4) is 0 Å².